The Morgan fingerprint density at radius 3 is 2.82 bits per heavy atom. The van der Waals surface area contributed by atoms with Crippen LogP contribution in [0.2, 0.25) is 0 Å². The van der Waals surface area contributed by atoms with Crippen LogP contribution in [0, 0.1) is 13.8 Å². The lowest BCUT2D eigenvalue weighted by atomic mass is 10.1. The molecule has 1 aromatic heterocycles. The topological polar surface area (TPSA) is 77.3 Å². The second kappa shape index (κ2) is 7.17. The van der Waals surface area contributed by atoms with E-state index >= 15 is 0 Å². The maximum atomic E-state index is 12.2. The summed E-state index contributed by atoms with van der Waals surface area (Å²) in [4.78, 5) is 16.5. The molecule has 0 spiro atoms. The third kappa shape index (κ3) is 3.92. The van der Waals surface area contributed by atoms with Crippen molar-refractivity contribution in [1.29, 1.82) is 0 Å². The van der Waals surface area contributed by atoms with Crippen molar-refractivity contribution < 1.29 is 14.1 Å². The Bertz CT molecular complexity index is 652. The largest absolute Gasteiger partial charge is 0.384 e. The van der Waals surface area contributed by atoms with E-state index in [2.05, 4.69) is 15.5 Å². The first kappa shape index (κ1) is 16.2. The van der Waals surface area contributed by atoms with E-state index in [0.29, 0.717) is 30.3 Å². The average Bonchev–Trinajstić information content (AvgIpc) is 2.96. The summed E-state index contributed by atoms with van der Waals surface area (Å²) in [5.41, 5.74) is 2.86. The monoisotopic (exact) mass is 303 g/mol. The molecule has 1 heterocycles. The summed E-state index contributed by atoms with van der Waals surface area (Å²) in [5.74, 6) is 0.805. The molecule has 2 aromatic rings. The van der Waals surface area contributed by atoms with Gasteiger partial charge in [-0.2, -0.15) is 4.98 Å². The van der Waals surface area contributed by atoms with Crippen LogP contribution in [-0.2, 0) is 11.2 Å². The number of carbonyl (C=O) groups is 1. The van der Waals surface area contributed by atoms with Crippen LogP contribution >= 0.6 is 0 Å². The highest BCUT2D eigenvalue weighted by Gasteiger charge is 2.17. The van der Waals surface area contributed by atoms with E-state index in [1.165, 1.54) is 0 Å². The lowest BCUT2D eigenvalue weighted by molar-refractivity contribution is 0.0932. The van der Waals surface area contributed by atoms with Gasteiger partial charge < -0.3 is 14.6 Å². The second-order valence-corrected chi connectivity index (χ2v) is 5.29. The lowest BCUT2D eigenvalue weighted by Crippen LogP contribution is -2.27. The first-order chi connectivity index (χ1) is 10.5. The van der Waals surface area contributed by atoms with Gasteiger partial charge in [-0.25, -0.2) is 0 Å². The van der Waals surface area contributed by atoms with Crippen molar-refractivity contribution in [2.75, 3.05) is 13.7 Å². The van der Waals surface area contributed by atoms with Gasteiger partial charge in [-0.05, 0) is 44.0 Å². The van der Waals surface area contributed by atoms with E-state index in [-0.39, 0.29) is 11.9 Å². The number of carbonyl (C=O) groups excluding carboxylic acids is 1. The number of hydrogen-bond donors (Lipinski definition) is 1. The third-order valence-electron chi connectivity index (χ3n) is 3.50. The van der Waals surface area contributed by atoms with Gasteiger partial charge in [0.1, 0.15) is 6.04 Å². The van der Waals surface area contributed by atoms with E-state index in [0.717, 1.165) is 11.1 Å². The van der Waals surface area contributed by atoms with Crippen molar-refractivity contribution in [2.24, 2.45) is 0 Å². The SMILES string of the molecule is COCCc1noc(C(C)NC(=O)c2ccc(C)c(C)c2)n1. The summed E-state index contributed by atoms with van der Waals surface area (Å²) in [5, 5.41) is 6.73. The number of ether oxygens (including phenoxy) is 1. The van der Waals surface area contributed by atoms with E-state index in [9.17, 15) is 4.79 Å². The van der Waals surface area contributed by atoms with Crippen LogP contribution in [0.3, 0.4) is 0 Å². The normalized spacial score (nSPS) is 12.2. The molecule has 1 N–H and O–H groups in total. The minimum atomic E-state index is -0.349. The van der Waals surface area contributed by atoms with E-state index < -0.39 is 0 Å². The minimum absolute atomic E-state index is 0.160. The average molecular weight is 303 g/mol. The van der Waals surface area contributed by atoms with Gasteiger partial charge in [0.15, 0.2) is 5.82 Å². The predicted molar refractivity (Wildman–Crippen MR) is 81.7 cm³/mol. The van der Waals surface area contributed by atoms with Gasteiger partial charge in [-0.15, -0.1) is 0 Å². The molecular weight excluding hydrogens is 282 g/mol. The first-order valence-corrected chi connectivity index (χ1v) is 7.20. The summed E-state index contributed by atoms with van der Waals surface area (Å²) in [6, 6.07) is 5.26. The fourth-order valence-corrected chi connectivity index (χ4v) is 1.96. The number of methoxy groups -OCH3 is 1. The third-order valence-corrected chi connectivity index (χ3v) is 3.50. The molecule has 0 bridgehead atoms. The minimum Gasteiger partial charge on any atom is -0.384 e. The Kier molecular flexibility index (Phi) is 5.27. The van der Waals surface area contributed by atoms with E-state index in [1.54, 1.807) is 7.11 Å². The quantitative estimate of drug-likeness (QED) is 0.886. The number of nitrogens with zero attached hydrogens (tertiary/aromatic N) is 2. The molecule has 118 valence electrons. The molecule has 0 radical (unpaired) electrons. The smallest absolute Gasteiger partial charge is 0.251 e. The zero-order valence-electron chi connectivity index (χ0n) is 13.3. The van der Waals surface area contributed by atoms with Crippen LogP contribution < -0.4 is 5.32 Å². The lowest BCUT2D eigenvalue weighted by Gasteiger charge is -2.10. The molecule has 0 aliphatic carbocycles. The van der Waals surface area contributed by atoms with Crippen molar-refractivity contribution in [3.05, 3.63) is 46.6 Å². The summed E-state index contributed by atoms with van der Waals surface area (Å²) >= 11 is 0. The van der Waals surface area contributed by atoms with E-state index in [4.69, 9.17) is 9.26 Å². The summed E-state index contributed by atoms with van der Waals surface area (Å²) in [6.45, 7) is 6.34. The number of aromatic nitrogens is 2. The van der Waals surface area contributed by atoms with E-state index in [1.807, 2.05) is 39.0 Å². The molecule has 6 nitrogen and oxygen atoms in total. The van der Waals surface area contributed by atoms with Crippen LogP contribution in [0.25, 0.3) is 0 Å². The maximum absolute atomic E-state index is 12.2. The Balaban J connectivity index is 2.01. The van der Waals surface area contributed by atoms with Crippen LogP contribution in [0.4, 0.5) is 0 Å². The zero-order valence-corrected chi connectivity index (χ0v) is 13.3. The van der Waals surface area contributed by atoms with Crippen LogP contribution in [0.5, 0.6) is 0 Å². The number of aryl methyl sites for hydroxylation is 2. The van der Waals surface area contributed by atoms with Gasteiger partial charge in [0.05, 0.1) is 6.61 Å². The van der Waals surface area contributed by atoms with Gasteiger partial charge in [0, 0.05) is 19.1 Å². The molecule has 0 saturated heterocycles. The Hall–Kier alpha value is -2.21. The molecule has 0 saturated carbocycles. The number of nitrogens with one attached hydrogen (secondary N) is 1. The summed E-state index contributed by atoms with van der Waals surface area (Å²) in [7, 11) is 1.62. The first-order valence-electron chi connectivity index (χ1n) is 7.20. The van der Waals surface area contributed by atoms with Gasteiger partial charge >= 0.3 is 0 Å². The highest BCUT2D eigenvalue weighted by atomic mass is 16.5. The van der Waals surface area contributed by atoms with Crippen molar-refractivity contribution in [1.82, 2.24) is 15.5 Å². The highest BCUT2D eigenvalue weighted by molar-refractivity contribution is 5.94. The van der Waals surface area contributed by atoms with Crippen molar-refractivity contribution in [3.8, 4) is 0 Å². The molecule has 6 heteroatoms. The summed E-state index contributed by atoms with van der Waals surface area (Å²) < 4.78 is 10.1. The number of hydrogen-bond acceptors (Lipinski definition) is 5. The Labute approximate surface area is 129 Å². The van der Waals surface area contributed by atoms with Gasteiger partial charge in [-0.1, -0.05) is 11.2 Å². The molecule has 22 heavy (non-hydrogen) atoms. The molecular formula is C16H21N3O3. The van der Waals surface area contributed by atoms with Crippen LogP contribution in [-0.4, -0.2) is 29.8 Å². The standard InChI is InChI=1S/C16H21N3O3/c1-10-5-6-13(9-11(10)2)15(20)17-12(3)16-18-14(19-22-16)7-8-21-4/h5-6,9,12H,7-8H2,1-4H3,(H,17,20). The molecule has 1 unspecified atom stereocenters. The highest BCUT2D eigenvalue weighted by Crippen LogP contribution is 2.13. The molecule has 0 fully saturated rings. The Morgan fingerprint density at radius 2 is 2.14 bits per heavy atom. The maximum Gasteiger partial charge on any atom is 0.251 e. The number of rotatable bonds is 6. The molecule has 0 aliphatic rings. The van der Waals surface area contributed by atoms with Gasteiger partial charge in [0.25, 0.3) is 5.91 Å². The molecule has 1 aromatic carbocycles. The molecule has 1 amide bonds. The van der Waals surface area contributed by atoms with Crippen molar-refractivity contribution in [3.63, 3.8) is 0 Å². The predicted octanol–water partition coefficient (Wildman–Crippen LogP) is 2.37. The van der Waals surface area contributed by atoms with Crippen molar-refractivity contribution >= 4 is 5.91 Å². The Morgan fingerprint density at radius 1 is 1.36 bits per heavy atom. The fraction of sp³-hybridized carbons (Fsp3) is 0.438. The van der Waals surface area contributed by atoms with Gasteiger partial charge in [-0.3, -0.25) is 4.79 Å². The van der Waals surface area contributed by atoms with Crippen LogP contribution in [0.1, 0.15) is 46.2 Å². The number of benzene rings is 1. The summed E-state index contributed by atoms with van der Waals surface area (Å²) in [6.07, 6.45) is 0.581. The van der Waals surface area contributed by atoms with Crippen molar-refractivity contribution in [2.45, 2.75) is 33.2 Å². The molecule has 0 aliphatic heterocycles. The number of amides is 1. The van der Waals surface area contributed by atoms with Gasteiger partial charge in [0.2, 0.25) is 5.89 Å². The second-order valence-electron chi connectivity index (χ2n) is 5.29. The fourth-order valence-electron chi connectivity index (χ4n) is 1.96. The molecule has 2 rings (SSSR count). The van der Waals surface area contributed by atoms with Crippen LogP contribution in [0.15, 0.2) is 22.7 Å². The molecule has 1 atom stereocenters. The zero-order chi connectivity index (χ0) is 16.1.